The number of β-amino-alcohol motifs (C(OH)–C–C–N with tert-alkyl or cyclic N) is 1. The highest BCUT2D eigenvalue weighted by Gasteiger charge is 2.35. The number of likely N-dealkylation sites (tertiary alicyclic amines) is 1. The average molecular weight is 310 g/mol. The van der Waals surface area contributed by atoms with Crippen molar-refractivity contribution in [3.05, 3.63) is 5.82 Å². The maximum atomic E-state index is 11.6. The summed E-state index contributed by atoms with van der Waals surface area (Å²) in [7, 11) is 1.59. The number of nitrogens with zero attached hydrogens (tertiary/aromatic N) is 5. The summed E-state index contributed by atoms with van der Waals surface area (Å²) in [6.07, 6.45) is 1.62. The number of piperidine rings is 1. The Morgan fingerprint density at radius 2 is 2.18 bits per heavy atom. The van der Waals surface area contributed by atoms with Crippen molar-refractivity contribution in [3.8, 4) is 0 Å². The Kier molecular flexibility index (Phi) is 4.81. The molecular formula is C14H26N6O2. The minimum absolute atomic E-state index is 0.129. The van der Waals surface area contributed by atoms with Crippen molar-refractivity contribution in [3.63, 3.8) is 0 Å². The number of carbonyl (C=O) groups is 1. The van der Waals surface area contributed by atoms with Gasteiger partial charge in [0, 0.05) is 13.6 Å². The van der Waals surface area contributed by atoms with Gasteiger partial charge in [0.25, 0.3) is 0 Å². The van der Waals surface area contributed by atoms with Crippen LogP contribution < -0.4 is 5.32 Å². The molecule has 0 bridgehead atoms. The van der Waals surface area contributed by atoms with Gasteiger partial charge < -0.3 is 10.4 Å². The molecular weight excluding hydrogens is 284 g/mol. The number of tetrazole rings is 1. The second-order valence-electron chi connectivity index (χ2n) is 7.07. The minimum Gasteiger partial charge on any atom is -0.388 e. The smallest absolute Gasteiger partial charge is 0.222 e. The molecule has 22 heavy (non-hydrogen) atoms. The number of carbonyl (C=O) groups excluding carboxylic acids is 1. The van der Waals surface area contributed by atoms with Crippen molar-refractivity contribution in [2.45, 2.75) is 57.7 Å². The molecule has 1 aliphatic heterocycles. The van der Waals surface area contributed by atoms with E-state index in [1.165, 1.54) is 0 Å². The Bertz CT molecular complexity index is 524. The van der Waals surface area contributed by atoms with Gasteiger partial charge in [0.2, 0.25) is 5.91 Å². The molecule has 1 unspecified atom stereocenters. The van der Waals surface area contributed by atoms with Crippen molar-refractivity contribution in [1.82, 2.24) is 30.4 Å². The molecule has 1 saturated heterocycles. The summed E-state index contributed by atoms with van der Waals surface area (Å²) in [5.41, 5.74) is -1.16. The third-order valence-electron chi connectivity index (χ3n) is 3.94. The van der Waals surface area contributed by atoms with E-state index in [1.54, 1.807) is 11.7 Å². The Morgan fingerprint density at radius 1 is 1.45 bits per heavy atom. The molecule has 1 amide bonds. The molecule has 0 aliphatic carbocycles. The number of aromatic nitrogens is 4. The highest BCUT2D eigenvalue weighted by Crippen LogP contribution is 2.26. The van der Waals surface area contributed by atoms with Gasteiger partial charge in [0.1, 0.15) is 0 Å². The van der Waals surface area contributed by atoms with Gasteiger partial charge in [-0.1, -0.05) is 0 Å². The highest BCUT2D eigenvalue weighted by atomic mass is 16.3. The van der Waals surface area contributed by atoms with E-state index in [1.807, 2.05) is 20.8 Å². The first-order valence-electron chi connectivity index (χ1n) is 7.67. The summed E-state index contributed by atoms with van der Waals surface area (Å²) in [6.45, 7) is 8.03. The molecule has 0 spiro atoms. The lowest BCUT2D eigenvalue weighted by Gasteiger charge is -2.38. The van der Waals surface area contributed by atoms with E-state index in [4.69, 9.17) is 0 Å². The first-order chi connectivity index (χ1) is 10.2. The first-order valence-corrected chi connectivity index (χ1v) is 7.67. The van der Waals surface area contributed by atoms with Crippen LogP contribution in [-0.4, -0.2) is 61.9 Å². The summed E-state index contributed by atoms with van der Waals surface area (Å²) < 4.78 is 1.80. The van der Waals surface area contributed by atoms with Crippen LogP contribution in [0.4, 0.5) is 0 Å². The number of hydrogen-bond donors (Lipinski definition) is 2. The van der Waals surface area contributed by atoms with E-state index in [9.17, 15) is 9.90 Å². The fourth-order valence-electron chi connectivity index (χ4n) is 2.90. The van der Waals surface area contributed by atoms with Gasteiger partial charge in [-0.05, 0) is 50.6 Å². The molecule has 8 nitrogen and oxygen atoms in total. The molecule has 1 fully saturated rings. The van der Waals surface area contributed by atoms with Crippen LogP contribution in [0.1, 0.15) is 45.9 Å². The monoisotopic (exact) mass is 310 g/mol. The van der Waals surface area contributed by atoms with Gasteiger partial charge in [-0.25, -0.2) is 4.68 Å². The summed E-state index contributed by atoms with van der Waals surface area (Å²) in [4.78, 5) is 13.7. The fourth-order valence-corrected chi connectivity index (χ4v) is 2.90. The zero-order chi connectivity index (χ0) is 16.4. The maximum absolute atomic E-state index is 11.6. The number of amides is 1. The van der Waals surface area contributed by atoms with Gasteiger partial charge in [-0.3, -0.25) is 9.69 Å². The zero-order valence-corrected chi connectivity index (χ0v) is 13.8. The normalized spacial score (nSPS) is 23.5. The largest absolute Gasteiger partial charge is 0.388 e. The van der Waals surface area contributed by atoms with Crippen LogP contribution in [0.3, 0.4) is 0 Å². The van der Waals surface area contributed by atoms with E-state index < -0.39 is 5.60 Å². The third-order valence-corrected chi connectivity index (χ3v) is 3.94. The maximum Gasteiger partial charge on any atom is 0.222 e. The zero-order valence-electron chi connectivity index (χ0n) is 13.8. The lowest BCUT2D eigenvalue weighted by Crippen LogP contribution is -2.50. The predicted octanol–water partition coefficient (Wildman–Crippen LogP) is -0.109. The van der Waals surface area contributed by atoms with E-state index in [0.29, 0.717) is 19.5 Å². The van der Waals surface area contributed by atoms with Crippen molar-refractivity contribution in [2.75, 3.05) is 20.1 Å². The number of rotatable bonds is 4. The summed E-state index contributed by atoms with van der Waals surface area (Å²) >= 11 is 0. The van der Waals surface area contributed by atoms with Gasteiger partial charge in [0.05, 0.1) is 24.1 Å². The van der Waals surface area contributed by atoms with E-state index >= 15 is 0 Å². The lowest BCUT2D eigenvalue weighted by molar-refractivity contribution is -0.128. The molecule has 2 rings (SSSR count). The van der Waals surface area contributed by atoms with Gasteiger partial charge in [-0.2, -0.15) is 0 Å². The molecule has 2 heterocycles. The van der Waals surface area contributed by atoms with Crippen molar-refractivity contribution in [2.24, 2.45) is 0 Å². The van der Waals surface area contributed by atoms with Gasteiger partial charge >= 0.3 is 0 Å². The SMILES string of the molecule is CNC(=O)CC1(O)CCCN(Cc2nnnn2C(C)(C)C)C1. The molecule has 0 aromatic carbocycles. The highest BCUT2D eigenvalue weighted by molar-refractivity contribution is 5.76. The molecule has 8 heteroatoms. The predicted molar refractivity (Wildman–Crippen MR) is 81.0 cm³/mol. The van der Waals surface area contributed by atoms with Crippen LogP contribution in [0.15, 0.2) is 0 Å². The third kappa shape index (κ3) is 4.01. The number of nitrogens with one attached hydrogen (secondary N) is 1. The van der Waals surface area contributed by atoms with Crippen molar-refractivity contribution in [1.29, 1.82) is 0 Å². The number of aliphatic hydroxyl groups is 1. The van der Waals surface area contributed by atoms with Crippen LogP contribution in [0.2, 0.25) is 0 Å². The quantitative estimate of drug-likeness (QED) is 0.805. The lowest BCUT2D eigenvalue weighted by atomic mass is 9.89. The Morgan fingerprint density at radius 3 is 2.82 bits per heavy atom. The molecule has 0 saturated carbocycles. The molecule has 124 valence electrons. The van der Waals surface area contributed by atoms with Crippen LogP contribution in [0, 0.1) is 0 Å². The Hall–Kier alpha value is -1.54. The average Bonchev–Trinajstić information content (AvgIpc) is 2.86. The molecule has 1 aromatic rings. The second-order valence-corrected chi connectivity index (χ2v) is 7.07. The topological polar surface area (TPSA) is 96.2 Å². The Labute approximate surface area is 130 Å². The molecule has 1 aliphatic rings. The van der Waals surface area contributed by atoms with Gasteiger partial charge in [-0.15, -0.1) is 5.10 Å². The second kappa shape index (κ2) is 6.29. The molecule has 2 N–H and O–H groups in total. The molecule has 1 aromatic heterocycles. The van der Waals surface area contributed by atoms with Crippen LogP contribution in [0.5, 0.6) is 0 Å². The van der Waals surface area contributed by atoms with Crippen molar-refractivity contribution >= 4 is 5.91 Å². The van der Waals surface area contributed by atoms with Crippen LogP contribution >= 0.6 is 0 Å². The van der Waals surface area contributed by atoms with Crippen LogP contribution in [-0.2, 0) is 16.9 Å². The van der Waals surface area contributed by atoms with Crippen molar-refractivity contribution < 1.29 is 9.90 Å². The standard InChI is InChI=1S/C14H26N6O2/c1-13(2,3)20-11(16-17-18-20)9-19-7-5-6-14(22,10-19)8-12(21)15-4/h22H,5-10H2,1-4H3,(H,15,21). The summed E-state index contributed by atoms with van der Waals surface area (Å²) in [6, 6.07) is 0. The minimum atomic E-state index is -0.974. The summed E-state index contributed by atoms with van der Waals surface area (Å²) in [5, 5.41) is 25.1. The molecule has 0 radical (unpaired) electrons. The Balaban J connectivity index is 2.05. The van der Waals surface area contributed by atoms with E-state index in [-0.39, 0.29) is 17.9 Å². The van der Waals surface area contributed by atoms with E-state index in [2.05, 4.69) is 25.7 Å². The number of hydrogen-bond acceptors (Lipinski definition) is 6. The van der Waals surface area contributed by atoms with Crippen LogP contribution in [0.25, 0.3) is 0 Å². The van der Waals surface area contributed by atoms with Gasteiger partial charge in [0.15, 0.2) is 5.82 Å². The fraction of sp³-hybridized carbons (Fsp3) is 0.857. The molecule has 1 atom stereocenters. The summed E-state index contributed by atoms with van der Waals surface area (Å²) in [5.74, 6) is 0.639. The first kappa shape index (κ1) is 16.8. The van der Waals surface area contributed by atoms with E-state index in [0.717, 1.165) is 18.8 Å².